The lowest BCUT2D eigenvalue weighted by molar-refractivity contribution is 0.174. The van der Waals surface area contributed by atoms with Crippen LogP contribution >= 0.6 is 0 Å². The first kappa shape index (κ1) is 21.9. The monoisotopic (exact) mass is 480 g/mol. The minimum Gasteiger partial charge on any atom is -0.454 e. The highest BCUT2D eigenvalue weighted by molar-refractivity contribution is 6.01. The van der Waals surface area contributed by atoms with E-state index < -0.39 is 6.04 Å². The second kappa shape index (κ2) is 8.57. The van der Waals surface area contributed by atoms with E-state index in [-0.39, 0.29) is 12.8 Å². The highest BCUT2D eigenvalue weighted by atomic mass is 16.7. The summed E-state index contributed by atoms with van der Waals surface area (Å²) in [5.41, 5.74) is 6.04. The molecule has 3 heterocycles. The molecule has 2 aliphatic rings. The fraction of sp³-hybridized carbons (Fsp3) is 0.179. The number of urea groups is 1. The van der Waals surface area contributed by atoms with Crippen LogP contribution in [0.5, 0.6) is 11.5 Å². The Morgan fingerprint density at radius 2 is 1.67 bits per heavy atom. The largest absolute Gasteiger partial charge is 0.454 e. The minimum absolute atomic E-state index is 0.190. The van der Waals surface area contributed by atoms with Crippen LogP contribution in [-0.4, -0.2) is 23.0 Å². The lowest BCUT2D eigenvalue weighted by Gasteiger charge is -2.35. The number of benzene rings is 3. The Labute approximate surface area is 208 Å². The molecule has 2 amide bonds. The number of hydrogen-bond acceptors (Lipinski definition) is 6. The number of nitrogens with zero attached hydrogens (tertiary/aromatic N) is 3. The molecule has 8 heteroatoms. The van der Waals surface area contributed by atoms with Gasteiger partial charge in [0.2, 0.25) is 12.6 Å². The van der Waals surface area contributed by atoms with E-state index in [1.54, 1.807) is 4.90 Å². The molecule has 3 aromatic carbocycles. The average Bonchev–Trinajstić information content (AvgIpc) is 3.53. The number of ether oxygens (including phenoxy) is 2. The van der Waals surface area contributed by atoms with Crippen LogP contribution in [0.25, 0.3) is 17.0 Å². The molecule has 0 saturated heterocycles. The molecule has 0 aliphatic carbocycles. The molecule has 0 bridgehead atoms. The Morgan fingerprint density at radius 3 is 2.44 bits per heavy atom. The molecule has 4 aromatic rings. The van der Waals surface area contributed by atoms with Gasteiger partial charge in [0.15, 0.2) is 11.5 Å². The maximum absolute atomic E-state index is 13.4. The molecule has 1 N–H and O–H groups in total. The number of aromatic nitrogens is 2. The maximum Gasteiger partial charge on any atom is 0.326 e. The van der Waals surface area contributed by atoms with Gasteiger partial charge in [-0.3, -0.25) is 4.90 Å². The van der Waals surface area contributed by atoms with Crippen LogP contribution < -0.4 is 19.7 Å². The Balaban J connectivity index is 1.48. The predicted octanol–water partition coefficient (Wildman–Crippen LogP) is 5.78. The molecule has 180 valence electrons. The average molecular weight is 481 g/mol. The summed E-state index contributed by atoms with van der Waals surface area (Å²) in [7, 11) is 0. The zero-order chi connectivity index (χ0) is 24.8. The maximum atomic E-state index is 13.4. The SMILES string of the molecule is CC1=C(c2nc(-c3ccc4c(c3)OCO4)no2)C(c2ccccc2)NC(=O)N1c1cc(C)cc(C)c1. The Kier molecular flexibility index (Phi) is 5.21. The summed E-state index contributed by atoms with van der Waals surface area (Å²) in [5, 5.41) is 7.39. The van der Waals surface area contributed by atoms with Crippen molar-refractivity contribution in [1.29, 1.82) is 0 Å². The summed E-state index contributed by atoms with van der Waals surface area (Å²) in [5.74, 6) is 2.08. The van der Waals surface area contributed by atoms with Gasteiger partial charge in [0.1, 0.15) is 0 Å². The molecule has 0 radical (unpaired) electrons. The standard InChI is InChI=1S/C28H24N4O4/c1-16-11-17(2)13-21(12-16)32-18(3)24(25(29-28(32)33)19-7-5-4-6-8-19)27-30-26(31-36-27)20-9-10-22-23(14-20)35-15-34-22/h4-14,25H,15H2,1-3H3,(H,29,33). The topological polar surface area (TPSA) is 89.7 Å². The number of amides is 2. The van der Waals surface area contributed by atoms with Crippen molar-refractivity contribution in [3.05, 3.63) is 95.0 Å². The Hall–Kier alpha value is -4.59. The third-order valence-electron chi connectivity index (χ3n) is 6.37. The van der Waals surface area contributed by atoms with Crippen molar-refractivity contribution in [3.8, 4) is 22.9 Å². The van der Waals surface area contributed by atoms with E-state index in [0.717, 1.165) is 39.2 Å². The first-order chi connectivity index (χ1) is 17.5. The summed E-state index contributed by atoms with van der Waals surface area (Å²) in [6.45, 7) is 6.13. The van der Waals surface area contributed by atoms with Gasteiger partial charge in [-0.2, -0.15) is 4.98 Å². The van der Waals surface area contributed by atoms with Crippen molar-refractivity contribution in [3.63, 3.8) is 0 Å². The number of allylic oxidation sites excluding steroid dienone is 1. The molecule has 1 unspecified atom stereocenters. The third kappa shape index (κ3) is 3.76. The second-order valence-corrected chi connectivity index (χ2v) is 8.96. The highest BCUT2D eigenvalue weighted by Gasteiger charge is 2.36. The predicted molar refractivity (Wildman–Crippen MR) is 135 cm³/mol. The number of hydrogen-bond donors (Lipinski definition) is 1. The van der Waals surface area contributed by atoms with E-state index in [2.05, 4.69) is 16.5 Å². The summed E-state index contributed by atoms with van der Waals surface area (Å²) >= 11 is 0. The van der Waals surface area contributed by atoms with Crippen molar-refractivity contribution in [1.82, 2.24) is 15.5 Å². The minimum atomic E-state index is -0.453. The number of aryl methyl sites for hydroxylation is 2. The number of anilines is 1. The Morgan fingerprint density at radius 1 is 0.917 bits per heavy atom. The van der Waals surface area contributed by atoms with Crippen molar-refractivity contribution >= 4 is 17.3 Å². The molecule has 8 nitrogen and oxygen atoms in total. The van der Waals surface area contributed by atoms with E-state index in [9.17, 15) is 4.79 Å². The fourth-order valence-electron chi connectivity index (χ4n) is 4.79. The van der Waals surface area contributed by atoms with Crippen LogP contribution in [0.1, 0.15) is 35.5 Å². The van der Waals surface area contributed by atoms with Crippen LogP contribution in [-0.2, 0) is 0 Å². The number of carbonyl (C=O) groups excluding carboxylic acids is 1. The normalized spacial score (nSPS) is 16.9. The summed E-state index contributed by atoms with van der Waals surface area (Å²) in [6, 6.07) is 20.7. The van der Waals surface area contributed by atoms with Crippen molar-refractivity contribution in [2.24, 2.45) is 0 Å². The van der Waals surface area contributed by atoms with E-state index in [1.165, 1.54) is 0 Å². The summed E-state index contributed by atoms with van der Waals surface area (Å²) < 4.78 is 16.7. The zero-order valence-electron chi connectivity index (χ0n) is 20.1. The quantitative estimate of drug-likeness (QED) is 0.398. The van der Waals surface area contributed by atoms with Gasteiger partial charge in [-0.25, -0.2) is 4.79 Å². The molecule has 2 aliphatic heterocycles. The second-order valence-electron chi connectivity index (χ2n) is 8.96. The number of fused-ring (bicyclic) bond motifs is 1. The van der Waals surface area contributed by atoms with Crippen LogP contribution in [0.2, 0.25) is 0 Å². The van der Waals surface area contributed by atoms with Crippen molar-refractivity contribution < 1.29 is 18.8 Å². The van der Waals surface area contributed by atoms with E-state index in [0.29, 0.717) is 23.2 Å². The van der Waals surface area contributed by atoms with Crippen molar-refractivity contribution in [2.75, 3.05) is 11.7 Å². The third-order valence-corrected chi connectivity index (χ3v) is 6.37. The van der Waals surface area contributed by atoms with Crippen LogP contribution in [0.4, 0.5) is 10.5 Å². The van der Waals surface area contributed by atoms with Gasteiger partial charge in [0.05, 0.1) is 17.3 Å². The first-order valence-electron chi connectivity index (χ1n) is 11.7. The lowest BCUT2D eigenvalue weighted by atomic mass is 9.94. The van der Waals surface area contributed by atoms with E-state index in [4.69, 9.17) is 19.0 Å². The molecule has 6 rings (SSSR count). The fourth-order valence-corrected chi connectivity index (χ4v) is 4.79. The molecule has 0 spiro atoms. The number of rotatable bonds is 4. The van der Waals surface area contributed by atoms with E-state index >= 15 is 0 Å². The summed E-state index contributed by atoms with van der Waals surface area (Å²) in [4.78, 5) is 19.8. The van der Waals surface area contributed by atoms with Crippen LogP contribution in [0, 0.1) is 13.8 Å². The molecule has 0 fully saturated rings. The van der Waals surface area contributed by atoms with Gasteiger partial charge < -0.3 is 19.3 Å². The smallest absolute Gasteiger partial charge is 0.326 e. The van der Waals surface area contributed by atoms with E-state index in [1.807, 2.05) is 81.4 Å². The van der Waals surface area contributed by atoms with Gasteiger partial charge in [-0.15, -0.1) is 0 Å². The van der Waals surface area contributed by atoms with Crippen molar-refractivity contribution in [2.45, 2.75) is 26.8 Å². The summed E-state index contributed by atoms with van der Waals surface area (Å²) in [6.07, 6.45) is 0. The zero-order valence-corrected chi connectivity index (χ0v) is 20.1. The molecular weight excluding hydrogens is 456 g/mol. The van der Waals surface area contributed by atoms with Crippen LogP contribution in [0.3, 0.4) is 0 Å². The molecule has 0 saturated carbocycles. The molecule has 1 atom stereocenters. The van der Waals surface area contributed by atoms with Gasteiger partial charge in [0, 0.05) is 11.3 Å². The van der Waals surface area contributed by atoms with Gasteiger partial charge in [-0.1, -0.05) is 41.6 Å². The lowest BCUT2D eigenvalue weighted by Crippen LogP contribution is -2.46. The molecule has 36 heavy (non-hydrogen) atoms. The van der Waals surface area contributed by atoms with Gasteiger partial charge >= 0.3 is 6.03 Å². The van der Waals surface area contributed by atoms with Gasteiger partial charge in [-0.05, 0) is 67.8 Å². The van der Waals surface area contributed by atoms with Crippen LogP contribution in [0.15, 0.2) is 77.0 Å². The number of nitrogens with one attached hydrogen (secondary N) is 1. The van der Waals surface area contributed by atoms with Gasteiger partial charge in [0.25, 0.3) is 5.89 Å². The molecular formula is C28H24N4O4. The Bertz CT molecular complexity index is 1490. The first-order valence-corrected chi connectivity index (χ1v) is 11.7. The number of carbonyl (C=O) groups is 1. The highest BCUT2D eigenvalue weighted by Crippen LogP contribution is 2.40. The molecule has 1 aromatic heterocycles.